The molecule has 2 rings (SSSR count). The molecule has 0 bridgehead atoms. The fourth-order valence-corrected chi connectivity index (χ4v) is 4.04. The Bertz CT molecular complexity index is 538. The van der Waals surface area contributed by atoms with Gasteiger partial charge in [0.2, 0.25) is 0 Å². The summed E-state index contributed by atoms with van der Waals surface area (Å²) >= 11 is 0. The molecule has 7 heteroatoms. The van der Waals surface area contributed by atoms with Crippen LogP contribution in [0.3, 0.4) is 0 Å². The zero-order chi connectivity index (χ0) is 18.5. The average molecular weight is 360 g/mol. The molecule has 2 aliphatic rings. The molecule has 0 N–H and O–H groups in total. The van der Waals surface area contributed by atoms with E-state index in [4.69, 9.17) is 18.6 Å². The molecular formula is C17H29FO5Si. The van der Waals surface area contributed by atoms with Crippen LogP contribution in [-0.2, 0) is 23.4 Å². The lowest BCUT2D eigenvalue weighted by Gasteiger charge is -2.43. The fourth-order valence-electron chi connectivity index (χ4n) is 2.75. The second kappa shape index (κ2) is 6.19. The third-order valence-corrected chi connectivity index (χ3v) is 9.55. The maximum absolute atomic E-state index is 15.2. The van der Waals surface area contributed by atoms with Crippen molar-refractivity contribution >= 4 is 14.3 Å². The predicted molar refractivity (Wildman–Crippen MR) is 90.9 cm³/mol. The van der Waals surface area contributed by atoms with Gasteiger partial charge < -0.3 is 18.6 Å². The molecule has 138 valence electrons. The molecule has 0 unspecified atom stereocenters. The van der Waals surface area contributed by atoms with Gasteiger partial charge in [-0.2, -0.15) is 0 Å². The minimum Gasteiger partial charge on any atom is -0.466 e. The molecule has 1 heterocycles. The van der Waals surface area contributed by atoms with E-state index in [2.05, 4.69) is 20.8 Å². The summed E-state index contributed by atoms with van der Waals surface area (Å²) in [6, 6.07) is 0. The number of carbonyl (C=O) groups excluding carboxylic acids is 1. The van der Waals surface area contributed by atoms with Gasteiger partial charge in [0.1, 0.15) is 18.3 Å². The van der Waals surface area contributed by atoms with Gasteiger partial charge in [-0.15, -0.1) is 0 Å². The van der Waals surface area contributed by atoms with Gasteiger partial charge in [-0.1, -0.05) is 20.8 Å². The summed E-state index contributed by atoms with van der Waals surface area (Å²) < 4.78 is 37.9. The van der Waals surface area contributed by atoms with Gasteiger partial charge in [-0.25, -0.2) is 9.18 Å². The summed E-state index contributed by atoms with van der Waals surface area (Å²) in [5, 5.41) is -0.0935. The molecule has 0 aromatic rings. The Labute approximate surface area is 144 Å². The van der Waals surface area contributed by atoms with Crippen molar-refractivity contribution in [1.82, 2.24) is 0 Å². The molecule has 1 aliphatic carbocycles. The van der Waals surface area contributed by atoms with Crippen LogP contribution in [0, 0.1) is 0 Å². The number of rotatable bonds is 3. The van der Waals surface area contributed by atoms with Crippen LogP contribution in [0.5, 0.6) is 0 Å². The first-order valence-corrected chi connectivity index (χ1v) is 11.2. The number of halogens is 1. The largest absolute Gasteiger partial charge is 0.466 e. The predicted octanol–water partition coefficient (Wildman–Crippen LogP) is 3.35. The third-order valence-electron chi connectivity index (χ3n) is 5.07. The summed E-state index contributed by atoms with van der Waals surface area (Å²) in [6.45, 7) is 13.9. The van der Waals surface area contributed by atoms with Crippen LogP contribution in [0.15, 0.2) is 11.6 Å². The highest BCUT2D eigenvalue weighted by Gasteiger charge is 2.55. The Morgan fingerprint density at radius 1 is 1.29 bits per heavy atom. The second-order valence-electron chi connectivity index (χ2n) is 8.42. The van der Waals surface area contributed by atoms with E-state index in [0.29, 0.717) is 0 Å². The van der Waals surface area contributed by atoms with E-state index in [1.807, 2.05) is 13.1 Å². The smallest absolute Gasteiger partial charge is 0.336 e. The zero-order valence-corrected chi connectivity index (χ0v) is 16.8. The van der Waals surface area contributed by atoms with Crippen molar-refractivity contribution < 1.29 is 27.8 Å². The van der Waals surface area contributed by atoms with Gasteiger partial charge in [0.05, 0.1) is 12.7 Å². The SMILES string of the molecule is COC(=O)C1=C[C@H]2OC(C)(C)O[C@H]2[C@H](O[Si](C)(C)C(C)(C)C)[C@H]1F. The molecular weight excluding hydrogens is 331 g/mol. The van der Waals surface area contributed by atoms with Crippen molar-refractivity contribution in [3.63, 3.8) is 0 Å². The van der Waals surface area contributed by atoms with Crippen molar-refractivity contribution in [2.45, 2.75) is 83.0 Å². The van der Waals surface area contributed by atoms with E-state index in [1.165, 1.54) is 13.2 Å². The summed E-state index contributed by atoms with van der Waals surface area (Å²) in [6.07, 6.45) is -2.14. The first kappa shape index (κ1) is 19.6. The topological polar surface area (TPSA) is 54.0 Å². The molecule has 1 saturated heterocycles. The lowest BCUT2D eigenvalue weighted by Crippen LogP contribution is -2.55. The Morgan fingerprint density at radius 2 is 1.88 bits per heavy atom. The Balaban J connectivity index is 2.38. The molecule has 1 aliphatic heterocycles. The molecule has 1 fully saturated rings. The van der Waals surface area contributed by atoms with Gasteiger partial charge in [-0.05, 0) is 38.1 Å². The molecule has 0 spiro atoms. The van der Waals surface area contributed by atoms with Crippen molar-refractivity contribution in [2.24, 2.45) is 0 Å². The van der Waals surface area contributed by atoms with Crippen LogP contribution in [0.1, 0.15) is 34.6 Å². The number of hydrogen-bond acceptors (Lipinski definition) is 5. The van der Waals surface area contributed by atoms with Crippen LogP contribution in [0.2, 0.25) is 18.1 Å². The molecule has 0 aromatic heterocycles. The molecule has 4 atom stereocenters. The van der Waals surface area contributed by atoms with E-state index >= 15 is 4.39 Å². The minimum atomic E-state index is -2.27. The van der Waals surface area contributed by atoms with Crippen molar-refractivity contribution in [3.05, 3.63) is 11.6 Å². The summed E-state index contributed by atoms with van der Waals surface area (Å²) in [4.78, 5) is 12.0. The van der Waals surface area contributed by atoms with Crippen molar-refractivity contribution in [3.8, 4) is 0 Å². The van der Waals surface area contributed by atoms with Gasteiger partial charge in [0.15, 0.2) is 20.3 Å². The standard InChI is InChI=1S/C17H29FO5Si/c1-16(2,3)24(7,8)23-14-12(18)10(15(19)20-6)9-11-13(14)22-17(4,5)21-11/h9,11-14H,1-8H3/t11-,12+,13-,14-/m1/s1. The van der Waals surface area contributed by atoms with Crippen LogP contribution < -0.4 is 0 Å². The highest BCUT2D eigenvalue weighted by atomic mass is 28.4. The summed E-state index contributed by atoms with van der Waals surface area (Å²) in [7, 11) is -1.03. The molecule has 5 nitrogen and oxygen atoms in total. The number of fused-ring (bicyclic) bond motifs is 1. The Hall–Kier alpha value is -0.763. The van der Waals surface area contributed by atoms with Gasteiger partial charge >= 0.3 is 5.97 Å². The summed E-state index contributed by atoms with van der Waals surface area (Å²) in [5.41, 5.74) is -0.0521. The lowest BCUT2D eigenvalue weighted by atomic mass is 9.90. The number of esters is 1. The maximum Gasteiger partial charge on any atom is 0.336 e. The van der Waals surface area contributed by atoms with Crippen molar-refractivity contribution in [1.29, 1.82) is 0 Å². The second-order valence-corrected chi connectivity index (χ2v) is 13.2. The Morgan fingerprint density at radius 3 is 2.38 bits per heavy atom. The fraction of sp³-hybridized carbons (Fsp3) is 0.824. The molecule has 0 radical (unpaired) electrons. The first-order chi connectivity index (χ1) is 10.8. The van der Waals surface area contributed by atoms with Crippen LogP contribution in [-0.4, -0.2) is 51.7 Å². The molecule has 0 aromatic carbocycles. The van der Waals surface area contributed by atoms with E-state index in [-0.39, 0.29) is 10.6 Å². The van der Waals surface area contributed by atoms with E-state index in [1.54, 1.807) is 13.8 Å². The van der Waals surface area contributed by atoms with Crippen LogP contribution in [0.25, 0.3) is 0 Å². The van der Waals surface area contributed by atoms with E-state index in [0.717, 1.165) is 0 Å². The van der Waals surface area contributed by atoms with Crippen LogP contribution >= 0.6 is 0 Å². The van der Waals surface area contributed by atoms with Crippen molar-refractivity contribution in [2.75, 3.05) is 7.11 Å². The minimum absolute atomic E-state index is 0.0521. The number of alkyl halides is 1. The lowest BCUT2D eigenvalue weighted by molar-refractivity contribution is -0.154. The monoisotopic (exact) mass is 360 g/mol. The quantitative estimate of drug-likeness (QED) is 0.571. The summed E-state index contributed by atoms with van der Waals surface area (Å²) in [5.74, 6) is -1.55. The normalized spacial score (nSPS) is 33.0. The number of ether oxygens (including phenoxy) is 3. The molecule has 0 saturated carbocycles. The highest BCUT2D eigenvalue weighted by Crippen LogP contribution is 2.43. The number of carbonyl (C=O) groups is 1. The maximum atomic E-state index is 15.2. The van der Waals surface area contributed by atoms with Gasteiger partial charge in [0.25, 0.3) is 0 Å². The van der Waals surface area contributed by atoms with E-state index < -0.39 is 44.6 Å². The van der Waals surface area contributed by atoms with Gasteiger partial charge in [-0.3, -0.25) is 0 Å². The highest BCUT2D eigenvalue weighted by molar-refractivity contribution is 6.74. The number of hydrogen-bond donors (Lipinski definition) is 0. The van der Waals surface area contributed by atoms with E-state index in [9.17, 15) is 4.79 Å². The van der Waals surface area contributed by atoms with Crippen LogP contribution in [0.4, 0.5) is 4.39 Å². The Kier molecular flexibility index (Phi) is 5.05. The third kappa shape index (κ3) is 3.59. The molecule has 0 amide bonds. The first-order valence-electron chi connectivity index (χ1n) is 8.26. The average Bonchev–Trinajstić information content (AvgIpc) is 2.74. The van der Waals surface area contributed by atoms with Gasteiger partial charge in [0, 0.05) is 0 Å². The number of methoxy groups -OCH3 is 1. The molecule has 24 heavy (non-hydrogen) atoms. The zero-order valence-electron chi connectivity index (χ0n) is 15.8.